The SMILES string of the molecule is CC(C)(C)OC(=O)N1CCC(CS(=O)(=O)c2cnc3cc([N+](=O)[O-])ccc3n2)CC1. The maximum absolute atomic E-state index is 12.8. The molecular weight excluding hydrogens is 412 g/mol. The second-order valence-electron chi connectivity index (χ2n) is 8.33. The number of non-ortho nitro benzene ring substituents is 1. The van der Waals surface area contributed by atoms with E-state index in [1.165, 1.54) is 18.2 Å². The molecule has 0 radical (unpaired) electrons. The molecule has 0 saturated carbocycles. The Morgan fingerprint density at radius 1 is 1.27 bits per heavy atom. The predicted molar refractivity (Wildman–Crippen MR) is 109 cm³/mol. The summed E-state index contributed by atoms with van der Waals surface area (Å²) in [5.41, 5.74) is -0.175. The van der Waals surface area contributed by atoms with Crippen LogP contribution in [0.25, 0.3) is 11.0 Å². The van der Waals surface area contributed by atoms with Crippen molar-refractivity contribution >= 4 is 32.7 Å². The third kappa shape index (κ3) is 5.21. The first kappa shape index (κ1) is 21.9. The molecule has 0 unspecified atom stereocenters. The van der Waals surface area contributed by atoms with Crippen LogP contribution >= 0.6 is 0 Å². The Morgan fingerprint density at radius 2 is 1.93 bits per heavy atom. The number of ether oxygens (including phenoxy) is 1. The molecule has 1 amide bonds. The van der Waals surface area contributed by atoms with Crippen molar-refractivity contribution in [2.45, 2.75) is 44.2 Å². The summed E-state index contributed by atoms with van der Waals surface area (Å²) in [4.78, 5) is 32.2. The molecule has 1 aromatic heterocycles. The van der Waals surface area contributed by atoms with Crippen molar-refractivity contribution in [2.24, 2.45) is 5.92 Å². The van der Waals surface area contributed by atoms with Crippen molar-refractivity contribution in [2.75, 3.05) is 18.8 Å². The average Bonchev–Trinajstić information content (AvgIpc) is 2.66. The summed E-state index contributed by atoms with van der Waals surface area (Å²) in [6, 6.07) is 3.91. The molecule has 162 valence electrons. The summed E-state index contributed by atoms with van der Waals surface area (Å²) >= 11 is 0. The Labute approximate surface area is 174 Å². The number of nitro groups is 1. The van der Waals surface area contributed by atoms with Gasteiger partial charge in [0.1, 0.15) is 5.60 Å². The molecule has 0 atom stereocenters. The largest absolute Gasteiger partial charge is 0.444 e. The maximum atomic E-state index is 12.8. The van der Waals surface area contributed by atoms with E-state index in [1.54, 1.807) is 25.7 Å². The van der Waals surface area contributed by atoms with Crippen LogP contribution in [0.4, 0.5) is 10.5 Å². The van der Waals surface area contributed by atoms with Gasteiger partial charge in [-0.15, -0.1) is 0 Å². The zero-order valence-corrected chi connectivity index (χ0v) is 17.9. The monoisotopic (exact) mass is 436 g/mol. The molecule has 11 heteroatoms. The van der Waals surface area contributed by atoms with Gasteiger partial charge in [-0.3, -0.25) is 15.1 Å². The molecule has 3 rings (SSSR count). The number of nitro benzene ring substituents is 1. The highest BCUT2D eigenvalue weighted by Crippen LogP contribution is 2.24. The van der Waals surface area contributed by atoms with Gasteiger partial charge in [0.2, 0.25) is 0 Å². The Kier molecular flexibility index (Phi) is 5.93. The molecule has 1 aliphatic heterocycles. The number of hydrogen-bond donors (Lipinski definition) is 0. The second-order valence-corrected chi connectivity index (χ2v) is 10.3. The highest BCUT2D eigenvalue weighted by molar-refractivity contribution is 7.91. The summed E-state index contributed by atoms with van der Waals surface area (Å²) < 4.78 is 31.0. The number of fused-ring (bicyclic) bond motifs is 1. The van der Waals surface area contributed by atoms with E-state index in [4.69, 9.17) is 4.74 Å². The van der Waals surface area contributed by atoms with E-state index in [9.17, 15) is 23.3 Å². The third-order valence-electron chi connectivity index (χ3n) is 4.75. The topological polar surface area (TPSA) is 133 Å². The molecular formula is C19H24N4O6S. The average molecular weight is 436 g/mol. The number of amides is 1. The molecule has 1 aromatic carbocycles. The van der Waals surface area contributed by atoms with E-state index in [0.717, 1.165) is 6.20 Å². The first-order valence-electron chi connectivity index (χ1n) is 9.56. The number of benzene rings is 1. The Hall–Kier alpha value is -2.82. The molecule has 2 heterocycles. The zero-order valence-electron chi connectivity index (χ0n) is 17.1. The lowest BCUT2D eigenvalue weighted by molar-refractivity contribution is -0.384. The van der Waals surface area contributed by atoms with E-state index in [-0.39, 0.29) is 33.4 Å². The van der Waals surface area contributed by atoms with E-state index >= 15 is 0 Å². The first-order chi connectivity index (χ1) is 13.9. The van der Waals surface area contributed by atoms with Crippen molar-refractivity contribution in [3.8, 4) is 0 Å². The minimum absolute atomic E-state index is 0.0949. The van der Waals surface area contributed by atoms with Crippen LogP contribution < -0.4 is 0 Å². The van der Waals surface area contributed by atoms with Crippen LogP contribution in [-0.2, 0) is 14.6 Å². The molecule has 1 aliphatic rings. The minimum Gasteiger partial charge on any atom is -0.444 e. The van der Waals surface area contributed by atoms with Gasteiger partial charge >= 0.3 is 6.09 Å². The van der Waals surface area contributed by atoms with E-state index < -0.39 is 26.5 Å². The fraction of sp³-hybridized carbons (Fsp3) is 0.526. The molecule has 0 bridgehead atoms. The summed E-state index contributed by atoms with van der Waals surface area (Å²) in [5, 5.41) is 10.7. The standard InChI is InChI=1S/C19H24N4O6S/c1-19(2,3)29-18(24)22-8-6-13(7-9-22)12-30(27,28)17-11-20-16-10-14(23(25)26)4-5-15(16)21-17/h4-5,10-11,13H,6-9,12H2,1-3H3. The maximum Gasteiger partial charge on any atom is 0.410 e. The fourth-order valence-corrected chi connectivity index (χ4v) is 4.83. The van der Waals surface area contributed by atoms with Crippen molar-refractivity contribution in [1.82, 2.24) is 14.9 Å². The highest BCUT2D eigenvalue weighted by Gasteiger charge is 2.30. The lowest BCUT2D eigenvalue weighted by Crippen LogP contribution is -2.42. The summed E-state index contributed by atoms with van der Waals surface area (Å²) in [6.45, 7) is 6.26. The normalized spacial score (nSPS) is 15.9. The van der Waals surface area contributed by atoms with Crippen LogP contribution in [0, 0.1) is 16.0 Å². The fourth-order valence-electron chi connectivity index (χ4n) is 3.25. The quantitative estimate of drug-likeness (QED) is 0.528. The van der Waals surface area contributed by atoms with Gasteiger partial charge in [-0.25, -0.2) is 18.2 Å². The van der Waals surface area contributed by atoms with Gasteiger partial charge in [0, 0.05) is 25.2 Å². The van der Waals surface area contributed by atoms with Gasteiger partial charge in [0.05, 0.1) is 27.9 Å². The minimum atomic E-state index is -3.69. The molecule has 0 spiro atoms. The van der Waals surface area contributed by atoms with Crippen LogP contribution in [0.2, 0.25) is 0 Å². The van der Waals surface area contributed by atoms with Gasteiger partial charge in [-0.1, -0.05) is 0 Å². The van der Waals surface area contributed by atoms with Gasteiger partial charge in [0.25, 0.3) is 5.69 Å². The Balaban J connectivity index is 1.66. The molecule has 2 aromatic rings. The Bertz CT molecular complexity index is 1070. The summed E-state index contributed by atoms with van der Waals surface area (Å²) in [6.07, 6.45) is 1.84. The number of piperidine rings is 1. The van der Waals surface area contributed by atoms with Crippen LogP contribution in [0.5, 0.6) is 0 Å². The molecule has 1 saturated heterocycles. The van der Waals surface area contributed by atoms with E-state index in [1.807, 2.05) is 0 Å². The van der Waals surface area contributed by atoms with Crippen molar-refractivity contribution in [3.63, 3.8) is 0 Å². The first-order valence-corrected chi connectivity index (χ1v) is 11.2. The van der Waals surface area contributed by atoms with Gasteiger partial charge < -0.3 is 9.64 Å². The number of sulfone groups is 1. The number of nitrogens with zero attached hydrogens (tertiary/aromatic N) is 4. The number of likely N-dealkylation sites (tertiary alicyclic amines) is 1. The number of aromatic nitrogens is 2. The van der Waals surface area contributed by atoms with Crippen LogP contribution in [0.1, 0.15) is 33.6 Å². The zero-order chi connectivity index (χ0) is 22.1. The smallest absolute Gasteiger partial charge is 0.410 e. The number of carbonyl (C=O) groups excluding carboxylic acids is 1. The van der Waals surface area contributed by atoms with Crippen LogP contribution in [-0.4, -0.2) is 58.7 Å². The summed E-state index contributed by atoms with van der Waals surface area (Å²) in [5.74, 6) is -0.203. The molecule has 0 aliphatic carbocycles. The van der Waals surface area contributed by atoms with Crippen LogP contribution in [0.3, 0.4) is 0 Å². The van der Waals surface area contributed by atoms with Crippen molar-refractivity contribution in [3.05, 3.63) is 34.5 Å². The second kappa shape index (κ2) is 8.13. The van der Waals surface area contributed by atoms with Crippen molar-refractivity contribution < 1.29 is 22.9 Å². The molecule has 30 heavy (non-hydrogen) atoms. The van der Waals surface area contributed by atoms with Gasteiger partial charge in [0.15, 0.2) is 14.9 Å². The summed E-state index contributed by atoms with van der Waals surface area (Å²) in [7, 11) is -3.69. The molecule has 1 fully saturated rings. The number of carbonyl (C=O) groups is 1. The van der Waals surface area contributed by atoms with Crippen LogP contribution in [0.15, 0.2) is 29.4 Å². The predicted octanol–water partition coefficient (Wildman–Crippen LogP) is 2.96. The molecule has 0 N–H and O–H groups in total. The van der Waals surface area contributed by atoms with Crippen molar-refractivity contribution in [1.29, 1.82) is 0 Å². The lowest BCUT2D eigenvalue weighted by Gasteiger charge is -2.33. The Morgan fingerprint density at radius 3 is 2.53 bits per heavy atom. The number of rotatable bonds is 4. The third-order valence-corrected chi connectivity index (χ3v) is 6.50. The molecule has 10 nitrogen and oxygen atoms in total. The van der Waals surface area contributed by atoms with E-state index in [2.05, 4.69) is 9.97 Å². The highest BCUT2D eigenvalue weighted by atomic mass is 32.2. The number of hydrogen-bond acceptors (Lipinski definition) is 8. The van der Waals surface area contributed by atoms with E-state index in [0.29, 0.717) is 25.9 Å². The lowest BCUT2D eigenvalue weighted by atomic mass is 9.99. The van der Waals surface area contributed by atoms with Gasteiger partial charge in [-0.05, 0) is 45.6 Å². The van der Waals surface area contributed by atoms with Gasteiger partial charge in [-0.2, -0.15) is 0 Å².